The molecule has 0 bridgehead atoms. The number of rotatable bonds is 3. The molecule has 0 radical (unpaired) electrons. The van der Waals surface area contributed by atoms with Gasteiger partial charge in [0.15, 0.2) is 0 Å². The van der Waals surface area contributed by atoms with E-state index in [-0.39, 0.29) is 17.8 Å². The summed E-state index contributed by atoms with van der Waals surface area (Å²) in [5.74, 6) is -0.923. The van der Waals surface area contributed by atoms with Crippen LogP contribution >= 0.6 is 0 Å². The van der Waals surface area contributed by atoms with Crippen molar-refractivity contribution in [3.05, 3.63) is 17.9 Å². The lowest BCUT2D eigenvalue weighted by Crippen LogP contribution is -2.25. The van der Waals surface area contributed by atoms with Crippen LogP contribution < -0.4 is 4.74 Å². The molecule has 82 valence electrons. The SMILES string of the molecule is O=C(O)c1ccc(OC2CCOCC2)o1. The van der Waals surface area contributed by atoms with Crippen molar-refractivity contribution in [2.75, 3.05) is 13.2 Å². The van der Waals surface area contributed by atoms with E-state index in [0.29, 0.717) is 13.2 Å². The lowest BCUT2D eigenvalue weighted by atomic mass is 10.2. The maximum absolute atomic E-state index is 10.5. The largest absolute Gasteiger partial charge is 0.475 e. The summed E-state index contributed by atoms with van der Waals surface area (Å²) in [5, 5.41) is 8.63. The van der Waals surface area contributed by atoms with E-state index >= 15 is 0 Å². The van der Waals surface area contributed by atoms with E-state index in [2.05, 4.69) is 0 Å². The first-order valence-electron chi connectivity index (χ1n) is 4.83. The third kappa shape index (κ3) is 2.50. The normalized spacial score (nSPS) is 17.6. The van der Waals surface area contributed by atoms with Gasteiger partial charge in [-0.2, -0.15) is 0 Å². The van der Waals surface area contributed by atoms with Crippen molar-refractivity contribution in [1.82, 2.24) is 0 Å². The molecule has 1 aliphatic rings. The molecule has 5 nitrogen and oxygen atoms in total. The van der Waals surface area contributed by atoms with Crippen LogP contribution in [0.15, 0.2) is 16.5 Å². The van der Waals surface area contributed by atoms with Gasteiger partial charge in [-0.15, -0.1) is 0 Å². The van der Waals surface area contributed by atoms with Crippen LogP contribution in [0, 0.1) is 0 Å². The highest BCUT2D eigenvalue weighted by molar-refractivity contribution is 5.84. The summed E-state index contributed by atoms with van der Waals surface area (Å²) in [7, 11) is 0. The Morgan fingerprint density at radius 2 is 2.13 bits per heavy atom. The molecule has 0 unspecified atom stereocenters. The molecule has 1 fully saturated rings. The van der Waals surface area contributed by atoms with E-state index in [1.165, 1.54) is 12.1 Å². The van der Waals surface area contributed by atoms with Crippen molar-refractivity contribution in [1.29, 1.82) is 0 Å². The van der Waals surface area contributed by atoms with Gasteiger partial charge in [-0.1, -0.05) is 0 Å². The smallest absolute Gasteiger partial charge is 0.371 e. The van der Waals surface area contributed by atoms with Gasteiger partial charge in [0.05, 0.1) is 13.2 Å². The Balaban J connectivity index is 1.94. The maximum Gasteiger partial charge on any atom is 0.371 e. The van der Waals surface area contributed by atoms with Crippen molar-refractivity contribution < 1.29 is 23.8 Å². The molecule has 1 aliphatic heterocycles. The van der Waals surface area contributed by atoms with Gasteiger partial charge in [0.1, 0.15) is 6.10 Å². The van der Waals surface area contributed by atoms with Gasteiger partial charge >= 0.3 is 5.97 Å². The number of carboxylic acid groups (broad SMARTS) is 1. The number of furan rings is 1. The predicted molar refractivity (Wildman–Crippen MR) is 50.1 cm³/mol. The van der Waals surface area contributed by atoms with Gasteiger partial charge in [-0.25, -0.2) is 4.79 Å². The third-order valence-corrected chi connectivity index (χ3v) is 2.24. The van der Waals surface area contributed by atoms with Gasteiger partial charge in [0.25, 0.3) is 5.95 Å². The van der Waals surface area contributed by atoms with E-state index in [9.17, 15) is 4.79 Å². The van der Waals surface area contributed by atoms with E-state index in [1.807, 2.05) is 0 Å². The standard InChI is InChI=1S/C10H12O5/c11-10(12)8-1-2-9(15-8)14-7-3-5-13-6-4-7/h1-2,7H,3-6H2,(H,11,12). The summed E-state index contributed by atoms with van der Waals surface area (Å²) in [6, 6.07) is 2.91. The lowest BCUT2D eigenvalue weighted by molar-refractivity contribution is 0.0149. The Labute approximate surface area is 86.6 Å². The van der Waals surface area contributed by atoms with E-state index < -0.39 is 5.97 Å². The number of ether oxygens (including phenoxy) is 2. The Kier molecular flexibility index (Phi) is 2.91. The highest BCUT2D eigenvalue weighted by Gasteiger charge is 2.17. The minimum Gasteiger partial charge on any atom is -0.475 e. The van der Waals surface area contributed by atoms with Gasteiger partial charge in [-0.05, 0) is 6.07 Å². The van der Waals surface area contributed by atoms with E-state index in [4.69, 9.17) is 19.0 Å². The monoisotopic (exact) mass is 212 g/mol. The average Bonchev–Trinajstić information content (AvgIpc) is 2.68. The number of hydrogen-bond donors (Lipinski definition) is 1. The Bertz CT molecular complexity index is 337. The zero-order chi connectivity index (χ0) is 10.7. The molecule has 0 amide bonds. The molecule has 0 saturated carbocycles. The molecule has 5 heteroatoms. The van der Waals surface area contributed by atoms with Gasteiger partial charge in [0, 0.05) is 18.9 Å². The molecule has 0 aliphatic carbocycles. The van der Waals surface area contributed by atoms with Gasteiger partial charge in [-0.3, -0.25) is 0 Å². The highest BCUT2D eigenvalue weighted by atomic mass is 16.6. The summed E-state index contributed by atoms with van der Waals surface area (Å²) in [4.78, 5) is 10.5. The van der Waals surface area contributed by atoms with Crippen LogP contribution in [0.2, 0.25) is 0 Å². The molecular formula is C10H12O5. The second kappa shape index (κ2) is 4.35. The Morgan fingerprint density at radius 1 is 1.40 bits per heavy atom. The predicted octanol–water partition coefficient (Wildman–Crippen LogP) is 1.54. The number of carbonyl (C=O) groups is 1. The van der Waals surface area contributed by atoms with Crippen molar-refractivity contribution in [3.63, 3.8) is 0 Å². The molecule has 2 heterocycles. The summed E-state index contributed by atoms with van der Waals surface area (Å²) < 4.78 is 15.6. The summed E-state index contributed by atoms with van der Waals surface area (Å²) in [5.41, 5.74) is 0. The highest BCUT2D eigenvalue weighted by Crippen LogP contribution is 2.20. The van der Waals surface area contributed by atoms with Crippen LogP contribution in [0.1, 0.15) is 23.4 Å². The number of aromatic carboxylic acids is 1. The fourth-order valence-electron chi connectivity index (χ4n) is 1.46. The second-order valence-corrected chi connectivity index (χ2v) is 3.35. The molecule has 15 heavy (non-hydrogen) atoms. The molecular weight excluding hydrogens is 200 g/mol. The summed E-state index contributed by atoms with van der Waals surface area (Å²) in [6.45, 7) is 1.36. The third-order valence-electron chi connectivity index (χ3n) is 2.24. The minimum absolute atomic E-state index is 0.0616. The fraction of sp³-hybridized carbons (Fsp3) is 0.500. The summed E-state index contributed by atoms with van der Waals surface area (Å²) in [6.07, 6.45) is 1.68. The fourth-order valence-corrected chi connectivity index (χ4v) is 1.46. The Morgan fingerprint density at radius 3 is 2.73 bits per heavy atom. The van der Waals surface area contributed by atoms with Crippen molar-refractivity contribution >= 4 is 5.97 Å². The minimum atomic E-state index is -1.09. The number of carboxylic acids is 1. The molecule has 0 atom stereocenters. The topological polar surface area (TPSA) is 68.9 Å². The molecule has 1 N–H and O–H groups in total. The van der Waals surface area contributed by atoms with Crippen LogP contribution in [0.4, 0.5) is 0 Å². The summed E-state index contributed by atoms with van der Waals surface area (Å²) >= 11 is 0. The lowest BCUT2D eigenvalue weighted by Gasteiger charge is -2.21. The first kappa shape index (κ1) is 10.0. The van der Waals surface area contributed by atoms with Crippen molar-refractivity contribution in [3.8, 4) is 5.95 Å². The molecule has 2 rings (SSSR count). The van der Waals surface area contributed by atoms with Crippen LogP contribution in [-0.4, -0.2) is 30.4 Å². The Hall–Kier alpha value is -1.49. The van der Waals surface area contributed by atoms with E-state index in [1.54, 1.807) is 0 Å². The van der Waals surface area contributed by atoms with Crippen molar-refractivity contribution in [2.45, 2.75) is 18.9 Å². The van der Waals surface area contributed by atoms with Gasteiger partial charge in [0.2, 0.25) is 5.76 Å². The van der Waals surface area contributed by atoms with Crippen LogP contribution in [0.3, 0.4) is 0 Å². The molecule has 1 saturated heterocycles. The van der Waals surface area contributed by atoms with Crippen LogP contribution in [0.25, 0.3) is 0 Å². The van der Waals surface area contributed by atoms with E-state index in [0.717, 1.165) is 12.8 Å². The second-order valence-electron chi connectivity index (χ2n) is 3.35. The zero-order valence-corrected chi connectivity index (χ0v) is 8.14. The molecule has 1 aromatic heterocycles. The molecule has 0 spiro atoms. The van der Waals surface area contributed by atoms with Crippen LogP contribution in [0.5, 0.6) is 5.95 Å². The average molecular weight is 212 g/mol. The maximum atomic E-state index is 10.5. The number of hydrogen-bond acceptors (Lipinski definition) is 4. The first-order valence-corrected chi connectivity index (χ1v) is 4.83. The first-order chi connectivity index (χ1) is 7.25. The van der Waals surface area contributed by atoms with Gasteiger partial charge < -0.3 is 19.0 Å². The van der Waals surface area contributed by atoms with Crippen LogP contribution in [-0.2, 0) is 4.74 Å². The molecule has 1 aromatic rings. The molecule has 0 aromatic carbocycles. The van der Waals surface area contributed by atoms with Crippen molar-refractivity contribution in [2.24, 2.45) is 0 Å². The quantitative estimate of drug-likeness (QED) is 0.822. The zero-order valence-electron chi connectivity index (χ0n) is 8.14.